The lowest BCUT2D eigenvalue weighted by atomic mass is 10.2. The number of hydrogen-bond acceptors (Lipinski definition) is 4. The van der Waals surface area contributed by atoms with Crippen LogP contribution in [0.15, 0.2) is 47.3 Å². The number of anilines is 1. The molecule has 1 aliphatic rings. The van der Waals surface area contributed by atoms with Crippen molar-refractivity contribution < 1.29 is 0 Å². The van der Waals surface area contributed by atoms with Gasteiger partial charge in [-0.15, -0.1) is 0 Å². The van der Waals surface area contributed by atoms with Crippen LogP contribution in [-0.2, 0) is 6.54 Å². The lowest BCUT2D eigenvalue weighted by molar-refractivity contribution is 0.259. The summed E-state index contributed by atoms with van der Waals surface area (Å²) in [5.74, 6) is 0.844. The minimum Gasteiger partial charge on any atom is -0.365 e. The smallest absolute Gasteiger partial charge is 0.144 e. The average molecular weight is 347 g/mol. The molecule has 1 aromatic heterocycles. The summed E-state index contributed by atoms with van der Waals surface area (Å²) in [5, 5.41) is 3.48. The Bertz CT molecular complexity index is 573. The van der Waals surface area contributed by atoms with Gasteiger partial charge in [-0.2, -0.15) is 0 Å². The molecule has 110 valence electrons. The van der Waals surface area contributed by atoms with E-state index in [1.165, 1.54) is 5.56 Å². The molecule has 0 aliphatic carbocycles. The molecule has 1 N–H and O–H groups in total. The molecular weight excluding hydrogens is 328 g/mol. The molecule has 2 atom stereocenters. The molecule has 4 nitrogen and oxygen atoms in total. The van der Waals surface area contributed by atoms with Crippen LogP contribution < -0.4 is 5.32 Å². The van der Waals surface area contributed by atoms with E-state index < -0.39 is 0 Å². The summed E-state index contributed by atoms with van der Waals surface area (Å²) in [4.78, 5) is 11.1. The van der Waals surface area contributed by atoms with Crippen molar-refractivity contribution in [2.24, 2.45) is 0 Å². The molecule has 0 saturated carbocycles. The molecule has 0 amide bonds. The normalized spacial score (nSPS) is 22.4. The van der Waals surface area contributed by atoms with Crippen LogP contribution >= 0.6 is 15.9 Å². The highest BCUT2D eigenvalue weighted by atomic mass is 79.9. The van der Waals surface area contributed by atoms with E-state index in [2.05, 4.69) is 73.4 Å². The predicted octanol–water partition coefficient (Wildman–Crippen LogP) is 3.31. The fraction of sp³-hybridized carbons (Fsp3) is 0.375. The Kier molecular flexibility index (Phi) is 4.51. The second-order valence-corrected chi connectivity index (χ2v) is 6.38. The third kappa shape index (κ3) is 3.80. The molecule has 0 spiro atoms. The first-order valence-corrected chi connectivity index (χ1v) is 8.02. The molecule has 5 heteroatoms. The maximum Gasteiger partial charge on any atom is 0.144 e. The van der Waals surface area contributed by atoms with Gasteiger partial charge in [0.05, 0.1) is 12.4 Å². The summed E-state index contributed by atoms with van der Waals surface area (Å²) in [6.07, 6.45) is 4.63. The number of nitrogens with one attached hydrogen (secondary N) is 1. The summed E-state index contributed by atoms with van der Waals surface area (Å²) >= 11 is 3.30. The van der Waals surface area contributed by atoms with Crippen LogP contribution in [0.3, 0.4) is 0 Å². The fourth-order valence-corrected chi connectivity index (χ4v) is 3.04. The van der Waals surface area contributed by atoms with Crippen LogP contribution in [0.4, 0.5) is 5.82 Å². The maximum absolute atomic E-state index is 4.34. The van der Waals surface area contributed by atoms with Crippen molar-refractivity contribution in [3.05, 3.63) is 52.9 Å². The highest BCUT2D eigenvalue weighted by Crippen LogP contribution is 2.22. The van der Waals surface area contributed by atoms with Crippen molar-refractivity contribution in [2.45, 2.75) is 32.0 Å². The van der Waals surface area contributed by atoms with E-state index in [1.54, 1.807) is 12.4 Å². The van der Waals surface area contributed by atoms with Gasteiger partial charge in [-0.25, -0.2) is 9.97 Å². The Morgan fingerprint density at radius 3 is 2.76 bits per heavy atom. The summed E-state index contributed by atoms with van der Waals surface area (Å²) in [6, 6.07) is 11.6. The third-order valence-corrected chi connectivity index (χ3v) is 4.31. The fourth-order valence-electron chi connectivity index (χ4n) is 2.84. The van der Waals surface area contributed by atoms with E-state index in [0.717, 1.165) is 29.9 Å². The van der Waals surface area contributed by atoms with Crippen LogP contribution in [0.2, 0.25) is 0 Å². The van der Waals surface area contributed by atoms with Gasteiger partial charge < -0.3 is 5.32 Å². The van der Waals surface area contributed by atoms with Crippen LogP contribution in [0.1, 0.15) is 18.9 Å². The molecule has 2 aromatic rings. The predicted molar refractivity (Wildman–Crippen MR) is 88.1 cm³/mol. The molecule has 0 radical (unpaired) electrons. The summed E-state index contributed by atoms with van der Waals surface area (Å²) in [7, 11) is 0. The van der Waals surface area contributed by atoms with Gasteiger partial charge in [0.1, 0.15) is 10.4 Å². The summed E-state index contributed by atoms with van der Waals surface area (Å²) < 4.78 is 0.763. The van der Waals surface area contributed by atoms with E-state index in [0.29, 0.717) is 12.1 Å². The topological polar surface area (TPSA) is 41.1 Å². The highest BCUT2D eigenvalue weighted by molar-refractivity contribution is 9.10. The van der Waals surface area contributed by atoms with Gasteiger partial charge >= 0.3 is 0 Å². The summed E-state index contributed by atoms with van der Waals surface area (Å²) in [6.45, 7) is 4.33. The first-order valence-electron chi connectivity index (χ1n) is 7.23. The minimum atomic E-state index is 0.430. The van der Waals surface area contributed by atoms with Gasteiger partial charge in [-0.05, 0) is 34.8 Å². The Labute approximate surface area is 133 Å². The number of hydrogen-bond donors (Lipinski definition) is 1. The Balaban J connectivity index is 1.59. The minimum absolute atomic E-state index is 0.430. The maximum atomic E-state index is 4.34. The van der Waals surface area contributed by atoms with Gasteiger partial charge in [0.15, 0.2) is 0 Å². The van der Waals surface area contributed by atoms with Crippen LogP contribution in [0.25, 0.3) is 0 Å². The Morgan fingerprint density at radius 2 is 2.05 bits per heavy atom. The molecular formula is C16H19BrN4. The Morgan fingerprint density at radius 1 is 1.24 bits per heavy atom. The lowest BCUT2D eigenvalue weighted by Crippen LogP contribution is -2.28. The number of likely N-dealkylation sites (tertiary alicyclic amines) is 1. The first kappa shape index (κ1) is 14.5. The quantitative estimate of drug-likeness (QED) is 0.921. The van der Waals surface area contributed by atoms with E-state index in [4.69, 9.17) is 0 Å². The number of benzene rings is 1. The monoisotopic (exact) mass is 346 g/mol. The average Bonchev–Trinajstić information content (AvgIpc) is 2.82. The van der Waals surface area contributed by atoms with Gasteiger partial charge in [-0.3, -0.25) is 4.90 Å². The standard InChI is InChI=1S/C16H19BrN4/c1-12-7-14(20-16-9-18-15(17)8-19-16)11-21(12)10-13-5-3-2-4-6-13/h2-6,8-9,12,14H,7,10-11H2,1H3,(H,19,20). The molecule has 3 rings (SSSR count). The lowest BCUT2D eigenvalue weighted by Gasteiger charge is -2.20. The first-order chi connectivity index (χ1) is 10.2. The molecule has 1 aromatic carbocycles. The van der Waals surface area contributed by atoms with Gasteiger partial charge in [0.2, 0.25) is 0 Å². The van der Waals surface area contributed by atoms with Gasteiger partial charge in [0, 0.05) is 25.2 Å². The molecule has 1 fully saturated rings. The molecule has 1 saturated heterocycles. The molecule has 2 heterocycles. The second kappa shape index (κ2) is 6.54. The van der Waals surface area contributed by atoms with Crippen molar-refractivity contribution in [3.63, 3.8) is 0 Å². The number of nitrogens with zero attached hydrogens (tertiary/aromatic N) is 3. The molecule has 0 bridgehead atoms. The van der Waals surface area contributed by atoms with E-state index in [1.807, 2.05) is 0 Å². The van der Waals surface area contributed by atoms with E-state index in [9.17, 15) is 0 Å². The zero-order valence-corrected chi connectivity index (χ0v) is 13.6. The van der Waals surface area contributed by atoms with Gasteiger partial charge in [0.25, 0.3) is 0 Å². The number of halogens is 1. The third-order valence-electron chi connectivity index (χ3n) is 3.90. The van der Waals surface area contributed by atoms with Crippen molar-refractivity contribution in [2.75, 3.05) is 11.9 Å². The zero-order valence-electron chi connectivity index (χ0n) is 12.0. The molecule has 2 unspecified atom stereocenters. The van der Waals surface area contributed by atoms with Crippen molar-refractivity contribution in [1.82, 2.24) is 14.9 Å². The number of rotatable bonds is 4. The van der Waals surface area contributed by atoms with Crippen LogP contribution in [0.5, 0.6) is 0 Å². The highest BCUT2D eigenvalue weighted by Gasteiger charge is 2.28. The van der Waals surface area contributed by atoms with Crippen molar-refractivity contribution in [1.29, 1.82) is 0 Å². The SMILES string of the molecule is CC1CC(Nc2cnc(Br)cn2)CN1Cc1ccccc1. The number of aromatic nitrogens is 2. The zero-order chi connectivity index (χ0) is 14.7. The largest absolute Gasteiger partial charge is 0.365 e. The second-order valence-electron chi connectivity index (χ2n) is 5.57. The van der Waals surface area contributed by atoms with Crippen molar-refractivity contribution in [3.8, 4) is 0 Å². The van der Waals surface area contributed by atoms with E-state index in [-0.39, 0.29) is 0 Å². The van der Waals surface area contributed by atoms with Crippen molar-refractivity contribution >= 4 is 21.7 Å². The molecule has 1 aliphatic heterocycles. The molecule has 21 heavy (non-hydrogen) atoms. The van der Waals surface area contributed by atoms with Gasteiger partial charge in [-0.1, -0.05) is 30.3 Å². The summed E-state index contributed by atoms with van der Waals surface area (Å²) in [5.41, 5.74) is 1.37. The van der Waals surface area contributed by atoms with Crippen LogP contribution in [-0.4, -0.2) is 33.5 Å². The van der Waals surface area contributed by atoms with E-state index >= 15 is 0 Å². The van der Waals surface area contributed by atoms with Crippen LogP contribution in [0, 0.1) is 0 Å². The Hall–Kier alpha value is -1.46.